The van der Waals surface area contributed by atoms with Crippen molar-refractivity contribution in [3.05, 3.63) is 25.5 Å². The van der Waals surface area contributed by atoms with Crippen LogP contribution in [0.3, 0.4) is 0 Å². The van der Waals surface area contributed by atoms with Crippen molar-refractivity contribution in [2.24, 2.45) is 0 Å². The van der Waals surface area contributed by atoms with Crippen LogP contribution in [0, 0.1) is 3.57 Å². The van der Waals surface area contributed by atoms with Gasteiger partial charge in [-0.15, -0.1) is 0 Å². The molecule has 0 amide bonds. The molecule has 0 radical (unpaired) electrons. The number of aromatic carboxylic acids is 1. The minimum absolute atomic E-state index is 0.305. The summed E-state index contributed by atoms with van der Waals surface area (Å²) in [4.78, 5) is 14.0. The summed E-state index contributed by atoms with van der Waals surface area (Å²) in [5.41, 5.74) is -0.912. The van der Waals surface area contributed by atoms with Crippen molar-refractivity contribution < 1.29 is 18.7 Å². The molecule has 1 rings (SSSR count). The molecule has 14 heavy (non-hydrogen) atoms. The van der Waals surface area contributed by atoms with Crippen LogP contribution in [0.25, 0.3) is 0 Å². The number of carbonyl (C=O) groups is 1. The second kappa shape index (κ2) is 4.47. The van der Waals surface area contributed by atoms with Crippen LogP contribution in [0.2, 0.25) is 0 Å². The molecule has 1 aromatic rings. The van der Waals surface area contributed by atoms with Crippen LogP contribution < -0.4 is 0 Å². The molecule has 0 saturated heterocycles. The number of carboxylic acid groups (broad SMARTS) is 1. The number of halogens is 4. The van der Waals surface area contributed by atoms with Crippen molar-refractivity contribution in [3.63, 3.8) is 0 Å². The lowest BCUT2D eigenvalue weighted by molar-refractivity contribution is 0.0687. The van der Waals surface area contributed by atoms with Crippen LogP contribution in [0.15, 0.2) is 10.5 Å². The zero-order valence-electron chi connectivity index (χ0n) is 6.47. The van der Waals surface area contributed by atoms with E-state index in [-0.39, 0.29) is 5.69 Å². The van der Waals surface area contributed by atoms with Gasteiger partial charge in [0.15, 0.2) is 5.69 Å². The van der Waals surface area contributed by atoms with Gasteiger partial charge >= 0.3 is 5.97 Å². The number of alkyl halides is 2. The molecule has 0 aliphatic carbocycles. The Morgan fingerprint density at radius 3 is 2.64 bits per heavy atom. The number of nitrogens with zero attached hydrogens (tertiary/aromatic N) is 1. The molecule has 1 aromatic heterocycles. The minimum Gasteiger partial charge on any atom is -0.476 e. The summed E-state index contributed by atoms with van der Waals surface area (Å²) < 4.78 is 25.1. The first-order valence-electron chi connectivity index (χ1n) is 3.31. The van der Waals surface area contributed by atoms with Crippen LogP contribution in [0.1, 0.15) is 22.6 Å². The highest BCUT2D eigenvalue weighted by Gasteiger charge is 2.18. The standard InChI is InChI=1S/C7H3BrF2INO2/c8-2-1-3(6(9)10)12-5(4(2)11)7(13)14/h1,6H,(H,13,14). The van der Waals surface area contributed by atoms with Gasteiger partial charge < -0.3 is 5.11 Å². The molecule has 1 heterocycles. The molecule has 7 heteroatoms. The third-order valence-corrected chi connectivity index (χ3v) is 3.82. The quantitative estimate of drug-likeness (QED) is 0.806. The topological polar surface area (TPSA) is 50.2 Å². The summed E-state index contributed by atoms with van der Waals surface area (Å²) in [6, 6.07) is 1.11. The summed E-state index contributed by atoms with van der Waals surface area (Å²) in [5, 5.41) is 8.66. The van der Waals surface area contributed by atoms with E-state index in [2.05, 4.69) is 20.9 Å². The molecular formula is C7H3BrF2INO2. The lowest BCUT2D eigenvalue weighted by atomic mass is 10.3. The average molecular weight is 378 g/mol. The molecule has 0 spiro atoms. The van der Waals surface area contributed by atoms with Crippen LogP contribution in [-0.4, -0.2) is 16.1 Å². The van der Waals surface area contributed by atoms with E-state index in [1.54, 1.807) is 22.6 Å². The number of aromatic nitrogens is 1. The van der Waals surface area contributed by atoms with Crippen molar-refractivity contribution in [2.45, 2.75) is 6.43 Å². The van der Waals surface area contributed by atoms with Crippen LogP contribution in [-0.2, 0) is 0 Å². The van der Waals surface area contributed by atoms with Crippen LogP contribution >= 0.6 is 38.5 Å². The maximum atomic E-state index is 12.2. The summed E-state index contributed by atoms with van der Waals surface area (Å²) >= 11 is 4.71. The van der Waals surface area contributed by atoms with E-state index in [4.69, 9.17) is 5.11 Å². The summed E-state index contributed by atoms with van der Waals surface area (Å²) in [5.74, 6) is -1.32. The lowest BCUT2D eigenvalue weighted by Gasteiger charge is -2.04. The predicted molar refractivity (Wildman–Crippen MR) is 56.6 cm³/mol. The molecule has 0 atom stereocenters. The highest BCUT2D eigenvalue weighted by Crippen LogP contribution is 2.26. The van der Waals surface area contributed by atoms with E-state index < -0.39 is 18.1 Å². The van der Waals surface area contributed by atoms with E-state index in [0.29, 0.717) is 8.04 Å². The maximum Gasteiger partial charge on any atom is 0.355 e. The monoisotopic (exact) mass is 377 g/mol. The van der Waals surface area contributed by atoms with E-state index in [1.807, 2.05) is 0 Å². The molecule has 3 nitrogen and oxygen atoms in total. The molecule has 0 saturated carbocycles. The fourth-order valence-electron chi connectivity index (χ4n) is 0.770. The summed E-state index contributed by atoms with van der Waals surface area (Å²) in [7, 11) is 0. The molecule has 0 aliphatic heterocycles. The fourth-order valence-corrected chi connectivity index (χ4v) is 1.70. The van der Waals surface area contributed by atoms with Gasteiger partial charge in [-0.3, -0.25) is 0 Å². The van der Waals surface area contributed by atoms with Crippen molar-refractivity contribution in [1.29, 1.82) is 0 Å². The Morgan fingerprint density at radius 2 is 2.21 bits per heavy atom. The fraction of sp³-hybridized carbons (Fsp3) is 0.143. The van der Waals surface area contributed by atoms with Gasteiger partial charge in [-0.05, 0) is 44.6 Å². The Morgan fingerprint density at radius 1 is 1.64 bits per heavy atom. The van der Waals surface area contributed by atoms with Gasteiger partial charge in [0.25, 0.3) is 6.43 Å². The number of hydrogen-bond acceptors (Lipinski definition) is 2. The molecule has 0 aromatic carbocycles. The summed E-state index contributed by atoms with van der Waals surface area (Å²) in [6.07, 6.45) is -2.78. The Bertz CT molecular complexity index is 386. The Hall–Kier alpha value is -0.310. The van der Waals surface area contributed by atoms with E-state index >= 15 is 0 Å². The van der Waals surface area contributed by atoms with E-state index in [9.17, 15) is 13.6 Å². The first-order valence-corrected chi connectivity index (χ1v) is 5.18. The van der Waals surface area contributed by atoms with Gasteiger partial charge in [-0.1, -0.05) is 0 Å². The van der Waals surface area contributed by atoms with E-state index in [1.165, 1.54) is 0 Å². The maximum absolute atomic E-state index is 12.2. The minimum atomic E-state index is -2.78. The van der Waals surface area contributed by atoms with Gasteiger partial charge in [0.05, 0.1) is 3.57 Å². The molecule has 0 aliphatic rings. The third kappa shape index (κ3) is 2.38. The Labute approximate surface area is 99.8 Å². The van der Waals surface area contributed by atoms with Gasteiger partial charge in [0.2, 0.25) is 0 Å². The first-order chi connectivity index (χ1) is 6.43. The number of hydrogen-bond donors (Lipinski definition) is 1. The molecule has 0 unspecified atom stereocenters. The van der Waals surface area contributed by atoms with E-state index in [0.717, 1.165) is 6.07 Å². The van der Waals surface area contributed by atoms with Crippen molar-refractivity contribution in [1.82, 2.24) is 4.98 Å². The largest absolute Gasteiger partial charge is 0.476 e. The highest BCUT2D eigenvalue weighted by atomic mass is 127. The van der Waals surface area contributed by atoms with Gasteiger partial charge in [0, 0.05) is 4.47 Å². The second-order valence-electron chi connectivity index (χ2n) is 2.30. The Kier molecular flexibility index (Phi) is 3.76. The van der Waals surface area contributed by atoms with Gasteiger partial charge in [0.1, 0.15) is 5.69 Å². The average Bonchev–Trinajstić information content (AvgIpc) is 2.08. The number of rotatable bonds is 2. The van der Waals surface area contributed by atoms with Crippen molar-refractivity contribution >= 4 is 44.5 Å². The van der Waals surface area contributed by atoms with Gasteiger partial charge in [-0.25, -0.2) is 18.6 Å². The zero-order valence-corrected chi connectivity index (χ0v) is 10.2. The smallest absolute Gasteiger partial charge is 0.355 e. The SMILES string of the molecule is O=C(O)c1nc(C(F)F)cc(Br)c1I. The van der Waals surface area contributed by atoms with Crippen LogP contribution in [0.5, 0.6) is 0 Å². The highest BCUT2D eigenvalue weighted by molar-refractivity contribution is 14.1. The predicted octanol–water partition coefficient (Wildman–Crippen LogP) is 3.08. The molecule has 0 bridgehead atoms. The lowest BCUT2D eigenvalue weighted by Crippen LogP contribution is -2.07. The summed E-state index contributed by atoms with van der Waals surface area (Å²) in [6.45, 7) is 0. The molecule has 1 N–H and O–H groups in total. The number of carboxylic acids is 1. The van der Waals surface area contributed by atoms with Crippen molar-refractivity contribution in [2.75, 3.05) is 0 Å². The Balaban J connectivity index is 3.35. The third-order valence-electron chi connectivity index (χ3n) is 1.36. The second-order valence-corrected chi connectivity index (χ2v) is 4.23. The molecule has 76 valence electrons. The molecule has 0 fully saturated rings. The molecular weight excluding hydrogens is 375 g/mol. The van der Waals surface area contributed by atoms with Crippen LogP contribution in [0.4, 0.5) is 8.78 Å². The number of pyridine rings is 1. The van der Waals surface area contributed by atoms with Crippen molar-refractivity contribution in [3.8, 4) is 0 Å². The first kappa shape index (κ1) is 11.8. The zero-order chi connectivity index (χ0) is 10.9. The normalized spacial score (nSPS) is 10.6. The van der Waals surface area contributed by atoms with Gasteiger partial charge in [-0.2, -0.15) is 0 Å².